The van der Waals surface area contributed by atoms with Gasteiger partial charge in [-0.15, -0.1) is 0 Å². The lowest BCUT2D eigenvalue weighted by molar-refractivity contribution is 0.151. The van der Waals surface area contributed by atoms with Crippen molar-refractivity contribution in [2.45, 2.75) is 13.8 Å². The summed E-state index contributed by atoms with van der Waals surface area (Å²) >= 11 is 0. The fourth-order valence-electron chi connectivity index (χ4n) is 3.56. The van der Waals surface area contributed by atoms with Crippen LogP contribution in [-0.4, -0.2) is 13.2 Å². The monoisotopic (exact) mass is 438 g/mol. The van der Waals surface area contributed by atoms with Gasteiger partial charge >= 0.3 is 7.82 Å². The van der Waals surface area contributed by atoms with Crippen LogP contribution in [-0.2, 0) is 18.1 Å². The van der Waals surface area contributed by atoms with Crippen LogP contribution in [0.1, 0.15) is 25.0 Å². The number of fused-ring (bicyclic) bond motifs is 3. The quantitative estimate of drug-likeness (QED) is 0.230. The van der Waals surface area contributed by atoms with Crippen LogP contribution in [0.2, 0.25) is 0 Å². The summed E-state index contributed by atoms with van der Waals surface area (Å²) in [6.45, 7) is 4.03. The predicted octanol–water partition coefficient (Wildman–Crippen LogP) is 6.59. The second kappa shape index (κ2) is 9.29. The average Bonchev–Trinajstić information content (AvgIpc) is 3.09. The molecule has 3 aromatic carbocycles. The van der Waals surface area contributed by atoms with Crippen molar-refractivity contribution in [1.82, 2.24) is 0 Å². The van der Waals surface area contributed by atoms with Gasteiger partial charge in [0.1, 0.15) is 5.50 Å². The number of hydrogen-bond acceptors (Lipinski definition) is 4. The van der Waals surface area contributed by atoms with Crippen molar-refractivity contribution >= 4 is 27.3 Å². The largest absolute Gasteiger partial charge is 0.530 e. The minimum atomic E-state index is -3.74. The van der Waals surface area contributed by atoms with Gasteiger partial charge in [0.2, 0.25) is 0 Å². The maximum absolute atomic E-state index is 13.3. The highest BCUT2D eigenvalue weighted by atomic mass is 31.2. The SMILES string of the molecule is CCOP(=O)(OCC)OC(Pc1ccccc1)=C1c2ccccc2-c2ccccc21. The normalized spacial score (nSPS) is 12.8. The first-order valence-electron chi connectivity index (χ1n) is 9.99. The first kappa shape index (κ1) is 21.0. The van der Waals surface area contributed by atoms with Gasteiger partial charge < -0.3 is 4.52 Å². The van der Waals surface area contributed by atoms with Gasteiger partial charge in [-0.25, -0.2) is 4.57 Å². The summed E-state index contributed by atoms with van der Waals surface area (Å²) in [6, 6.07) is 26.5. The Bertz CT molecular complexity index is 1050. The minimum Gasteiger partial charge on any atom is -0.403 e. The van der Waals surface area contributed by atoms with Gasteiger partial charge in [0.05, 0.1) is 13.2 Å². The molecule has 0 aliphatic heterocycles. The summed E-state index contributed by atoms with van der Waals surface area (Å²) in [7, 11) is -3.58. The molecule has 0 saturated carbocycles. The maximum atomic E-state index is 13.3. The van der Waals surface area contributed by atoms with E-state index in [0.29, 0.717) is 5.50 Å². The zero-order valence-corrected chi connectivity index (χ0v) is 18.9. The molecule has 0 bridgehead atoms. The molecule has 0 heterocycles. The van der Waals surface area contributed by atoms with E-state index in [1.165, 1.54) is 0 Å². The molecule has 154 valence electrons. The fraction of sp³-hybridized carbons (Fsp3) is 0.167. The van der Waals surface area contributed by atoms with Crippen LogP contribution in [0.3, 0.4) is 0 Å². The van der Waals surface area contributed by atoms with E-state index >= 15 is 0 Å². The zero-order valence-electron chi connectivity index (χ0n) is 17.0. The summed E-state index contributed by atoms with van der Waals surface area (Å²) in [5.74, 6) is 0. The Kier molecular flexibility index (Phi) is 6.51. The third kappa shape index (κ3) is 4.29. The molecule has 4 rings (SSSR count). The molecule has 0 radical (unpaired) electrons. The molecule has 0 amide bonds. The van der Waals surface area contributed by atoms with Gasteiger partial charge in [-0.3, -0.25) is 9.05 Å². The average molecular weight is 438 g/mol. The van der Waals surface area contributed by atoms with E-state index in [-0.39, 0.29) is 21.8 Å². The molecular formula is C24H24O4P2. The molecule has 3 aromatic rings. The van der Waals surface area contributed by atoms with Crippen molar-refractivity contribution in [3.8, 4) is 11.1 Å². The van der Waals surface area contributed by atoms with Crippen LogP contribution in [0, 0.1) is 0 Å². The van der Waals surface area contributed by atoms with Crippen molar-refractivity contribution in [1.29, 1.82) is 0 Å². The lowest BCUT2D eigenvalue weighted by atomic mass is 10.1. The Morgan fingerprint density at radius 3 is 1.70 bits per heavy atom. The molecule has 6 heteroatoms. The molecule has 0 fully saturated rings. The van der Waals surface area contributed by atoms with Crippen molar-refractivity contribution in [3.05, 3.63) is 95.5 Å². The maximum Gasteiger partial charge on any atom is 0.530 e. The molecule has 4 nitrogen and oxygen atoms in total. The fourth-order valence-corrected chi connectivity index (χ4v) is 6.22. The number of phosphoric ester groups is 1. The van der Waals surface area contributed by atoms with Crippen LogP contribution in [0.4, 0.5) is 0 Å². The smallest absolute Gasteiger partial charge is 0.403 e. The zero-order chi connectivity index (χ0) is 21.0. The molecule has 1 unspecified atom stereocenters. The van der Waals surface area contributed by atoms with E-state index in [4.69, 9.17) is 13.6 Å². The summed E-state index contributed by atoms with van der Waals surface area (Å²) in [5, 5.41) is 1.08. The minimum absolute atomic E-state index is 0.161. The topological polar surface area (TPSA) is 44.8 Å². The van der Waals surface area contributed by atoms with Crippen LogP contribution in [0.15, 0.2) is 84.4 Å². The van der Waals surface area contributed by atoms with Crippen LogP contribution >= 0.6 is 16.4 Å². The van der Waals surface area contributed by atoms with Crippen LogP contribution < -0.4 is 5.30 Å². The van der Waals surface area contributed by atoms with Gasteiger partial charge in [0.25, 0.3) is 0 Å². The summed E-state index contributed by atoms with van der Waals surface area (Å²) in [5.41, 5.74) is 5.98. The third-order valence-electron chi connectivity index (χ3n) is 4.72. The van der Waals surface area contributed by atoms with Crippen molar-refractivity contribution in [2.75, 3.05) is 13.2 Å². The van der Waals surface area contributed by atoms with E-state index in [1.54, 1.807) is 13.8 Å². The molecular weight excluding hydrogens is 414 g/mol. The second-order valence-corrected chi connectivity index (χ2v) is 9.54. The van der Waals surface area contributed by atoms with Gasteiger partial charge in [0.15, 0.2) is 0 Å². The molecule has 0 aromatic heterocycles. The standard InChI is InChI=1S/C24H24O4P2/c1-3-26-30(25,27-4-2)28-24(29-18-12-6-5-7-13-18)23-21-16-10-8-14-19(21)20-15-9-11-17-22(20)23/h5-17,29H,3-4H2,1-2H3. The van der Waals surface area contributed by atoms with E-state index in [2.05, 4.69) is 24.3 Å². The van der Waals surface area contributed by atoms with Gasteiger partial charge in [-0.1, -0.05) is 78.9 Å². The Balaban J connectivity index is 1.91. The van der Waals surface area contributed by atoms with Crippen LogP contribution in [0.25, 0.3) is 16.7 Å². The molecule has 1 aliphatic rings. The lowest BCUT2D eigenvalue weighted by Gasteiger charge is -2.21. The highest BCUT2D eigenvalue weighted by Gasteiger charge is 2.33. The molecule has 0 N–H and O–H groups in total. The van der Waals surface area contributed by atoms with E-state index in [9.17, 15) is 4.57 Å². The Morgan fingerprint density at radius 1 is 0.733 bits per heavy atom. The Labute approximate surface area is 179 Å². The van der Waals surface area contributed by atoms with Crippen molar-refractivity contribution < 1.29 is 18.1 Å². The second-order valence-electron chi connectivity index (χ2n) is 6.66. The summed E-state index contributed by atoms with van der Waals surface area (Å²) in [4.78, 5) is 0. The van der Waals surface area contributed by atoms with Crippen LogP contribution in [0.5, 0.6) is 0 Å². The predicted molar refractivity (Wildman–Crippen MR) is 124 cm³/mol. The van der Waals surface area contributed by atoms with E-state index < -0.39 is 7.82 Å². The third-order valence-corrected chi connectivity index (χ3v) is 7.65. The molecule has 0 saturated heterocycles. The van der Waals surface area contributed by atoms with Crippen molar-refractivity contribution in [2.24, 2.45) is 0 Å². The van der Waals surface area contributed by atoms with Crippen molar-refractivity contribution in [3.63, 3.8) is 0 Å². The van der Waals surface area contributed by atoms with Gasteiger partial charge in [0, 0.05) is 5.57 Å². The highest BCUT2D eigenvalue weighted by Crippen LogP contribution is 2.57. The van der Waals surface area contributed by atoms with E-state index in [1.807, 2.05) is 54.6 Å². The lowest BCUT2D eigenvalue weighted by Crippen LogP contribution is -2.03. The first-order valence-corrected chi connectivity index (χ1v) is 12.5. The molecule has 30 heavy (non-hydrogen) atoms. The van der Waals surface area contributed by atoms with Gasteiger partial charge in [-0.2, -0.15) is 0 Å². The Morgan fingerprint density at radius 2 is 1.20 bits per heavy atom. The molecule has 1 aliphatic carbocycles. The van der Waals surface area contributed by atoms with Gasteiger partial charge in [-0.05, 0) is 50.0 Å². The number of hydrogen-bond donors (Lipinski definition) is 0. The number of rotatable bonds is 8. The first-order chi connectivity index (χ1) is 14.6. The Hall–Kier alpha value is -2.22. The molecule has 0 spiro atoms. The van der Waals surface area contributed by atoms with E-state index in [0.717, 1.165) is 33.1 Å². The molecule has 1 atom stereocenters. The number of phosphoric acid groups is 1. The summed E-state index contributed by atoms with van der Waals surface area (Å²) < 4.78 is 30.3. The summed E-state index contributed by atoms with van der Waals surface area (Å²) in [6.07, 6.45) is 0. The number of benzene rings is 3. The highest BCUT2D eigenvalue weighted by molar-refractivity contribution is 7.54.